The van der Waals surface area contributed by atoms with Crippen LogP contribution in [0.3, 0.4) is 0 Å². The summed E-state index contributed by atoms with van der Waals surface area (Å²) in [6, 6.07) is 10.2. The molecule has 2 aliphatic carbocycles. The van der Waals surface area contributed by atoms with Gasteiger partial charge in [0.15, 0.2) is 0 Å². The molecule has 0 aliphatic heterocycles. The summed E-state index contributed by atoms with van der Waals surface area (Å²) in [5.41, 5.74) is 0.782. The maximum atomic E-state index is 14.7. The second-order valence-corrected chi connectivity index (χ2v) is 10.1. The lowest BCUT2D eigenvalue weighted by molar-refractivity contribution is -0.274. The van der Waals surface area contributed by atoms with Crippen molar-refractivity contribution in [3.05, 3.63) is 59.7 Å². The van der Waals surface area contributed by atoms with E-state index in [0.29, 0.717) is 5.92 Å². The van der Waals surface area contributed by atoms with E-state index in [1.54, 1.807) is 12.1 Å². The third kappa shape index (κ3) is 6.89. The van der Waals surface area contributed by atoms with E-state index in [1.807, 2.05) is 0 Å². The number of ether oxygens (including phenoxy) is 2. The molecular formula is C28H33F5O2. The van der Waals surface area contributed by atoms with Gasteiger partial charge in [-0.25, -0.2) is 0 Å². The Morgan fingerprint density at radius 2 is 1.14 bits per heavy atom. The average Bonchev–Trinajstić information content (AvgIpc) is 2.84. The summed E-state index contributed by atoms with van der Waals surface area (Å²) in [5, 5.41) is 0. The summed E-state index contributed by atoms with van der Waals surface area (Å²) < 4.78 is 74.6. The number of benzene rings is 2. The molecule has 0 heterocycles. The van der Waals surface area contributed by atoms with Gasteiger partial charge >= 0.3 is 12.5 Å². The van der Waals surface area contributed by atoms with E-state index in [2.05, 4.69) is 11.7 Å². The van der Waals surface area contributed by atoms with Crippen molar-refractivity contribution in [3.8, 4) is 11.5 Å². The van der Waals surface area contributed by atoms with Crippen LogP contribution in [0.4, 0.5) is 22.0 Å². The molecule has 192 valence electrons. The first-order valence-corrected chi connectivity index (χ1v) is 12.7. The van der Waals surface area contributed by atoms with Crippen molar-refractivity contribution < 1.29 is 31.4 Å². The van der Waals surface area contributed by atoms with Gasteiger partial charge in [-0.2, -0.15) is 8.78 Å². The molecule has 4 rings (SSSR count). The van der Waals surface area contributed by atoms with Crippen molar-refractivity contribution in [2.75, 3.05) is 0 Å². The molecule has 0 bridgehead atoms. The molecule has 0 saturated heterocycles. The van der Waals surface area contributed by atoms with Crippen LogP contribution in [0.1, 0.15) is 81.8 Å². The highest BCUT2D eigenvalue weighted by Crippen LogP contribution is 2.44. The lowest BCUT2D eigenvalue weighted by Gasteiger charge is -2.38. The van der Waals surface area contributed by atoms with Crippen molar-refractivity contribution >= 4 is 0 Å². The van der Waals surface area contributed by atoms with E-state index in [0.717, 1.165) is 60.4 Å². The molecule has 35 heavy (non-hydrogen) atoms. The summed E-state index contributed by atoms with van der Waals surface area (Å²) in [5.74, 6) is 2.20. The van der Waals surface area contributed by atoms with Gasteiger partial charge in [0.05, 0.1) is 5.56 Å². The zero-order chi connectivity index (χ0) is 25.1. The van der Waals surface area contributed by atoms with E-state index in [4.69, 9.17) is 4.74 Å². The standard InChI is InChI=1S/C28H33F5O2/c1-2-19-3-5-20(6-4-19)21-7-9-22(10-8-21)23-11-13-24(14-12-23)27(29,30)34-25-15-17-26(18-16-25)35-28(31,32)33/h11-22H,2-10H2,1H3/t19-,20-,21?,22?. The molecule has 2 saturated carbocycles. The predicted octanol–water partition coefficient (Wildman–Crippen LogP) is 9.20. The van der Waals surface area contributed by atoms with Crippen LogP contribution in [0.5, 0.6) is 11.5 Å². The van der Waals surface area contributed by atoms with E-state index in [1.165, 1.54) is 57.1 Å². The van der Waals surface area contributed by atoms with Crippen molar-refractivity contribution in [1.29, 1.82) is 0 Å². The molecule has 7 heteroatoms. The Hall–Kier alpha value is -2.31. The fourth-order valence-electron chi connectivity index (χ4n) is 5.86. The number of halogens is 5. The molecule has 2 aliphatic rings. The molecule has 0 N–H and O–H groups in total. The van der Waals surface area contributed by atoms with Gasteiger partial charge in [0, 0.05) is 0 Å². The fourth-order valence-corrected chi connectivity index (χ4v) is 5.86. The Labute approximate surface area is 203 Å². The van der Waals surface area contributed by atoms with Gasteiger partial charge in [0.1, 0.15) is 11.5 Å². The minimum absolute atomic E-state index is 0.250. The van der Waals surface area contributed by atoms with Gasteiger partial charge in [-0.1, -0.05) is 38.3 Å². The smallest absolute Gasteiger partial charge is 0.429 e. The topological polar surface area (TPSA) is 18.5 Å². The zero-order valence-electron chi connectivity index (χ0n) is 20.0. The normalized spacial score (nSPS) is 25.8. The van der Waals surface area contributed by atoms with Crippen molar-refractivity contribution in [2.24, 2.45) is 17.8 Å². The minimum Gasteiger partial charge on any atom is -0.429 e. The van der Waals surface area contributed by atoms with Crippen LogP contribution in [-0.2, 0) is 6.11 Å². The molecule has 2 fully saturated rings. The first-order chi connectivity index (χ1) is 16.6. The molecule has 2 aromatic carbocycles. The van der Waals surface area contributed by atoms with Gasteiger partial charge in [-0.15, -0.1) is 13.2 Å². The summed E-state index contributed by atoms with van der Waals surface area (Å²) in [4.78, 5) is 0. The van der Waals surface area contributed by atoms with E-state index >= 15 is 0 Å². The average molecular weight is 497 g/mol. The lowest BCUT2D eigenvalue weighted by atomic mass is 9.68. The number of alkyl halides is 5. The van der Waals surface area contributed by atoms with Crippen LogP contribution in [0.15, 0.2) is 48.5 Å². The molecule has 0 spiro atoms. The van der Waals surface area contributed by atoms with Crippen LogP contribution in [0.2, 0.25) is 0 Å². The second kappa shape index (κ2) is 10.8. The molecular weight excluding hydrogens is 463 g/mol. The van der Waals surface area contributed by atoms with Crippen LogP contribution in [0.25, 0.3) is 0 Å². The molecule has 2 aromatic rings. The molecule has 0 radical (unpaired) electrons. The molecule has 0 atom stereocenters. The molecule has 2 nitrogen and oxygen atoms in total. The maximum absolute atomic E-state index is 14.7. The van der Waals surface area contributed by atoms with Crippen LogP contribution >= 0.6 is 0 Å². The highest BCUT2D eigenvalue weighted by Gasteiger charge is 2.36. The van der Waals surface area contributed by atoms with Gasteiger partial charge < -0.3 is 9.47 Å². The maximum Gasteiger partial charge on any atom is 0.573 e. The SMILES string of the molecule is CC[C@H]1CC[C@H](C2CCC(c3ccc(C(F)(F)Oc4ccc(OC(F)(F)F)cc4)cc3)CC2)CC1. The van der Waals surface area contributed by atoms with E-state index < -0.39 is 18.2 Å². The van der Waals surface area contributed by atoms with Gasteiger partial charge in [-0.05, 0) is 104 Å². The number of rotatable bonds is 7. The van der Waals surface area contributed by atoms with Gasteiger partial charge in [0.25, 0.3) is 0 Å². The monoisotopic (exact) mass is 496 g/mol. The molecule has 0 aromatic heterocycles. The fraction of sp³-hybridized carbons (Fsp3) is 0.571. The molecule has 0 amide bonds. The van der Waals surface area contributed by atoms with Crippen molar-refractivity contribution in [1.82, 2.24) is 0 Å². The first kappa shape index (κ1) is 25.8. The Kier molecular flexibility index (Phi) is 7.92. The van der Waals surface area contributed by atoms with Crippen molar-refractivity contribution in [3.63, 3.8) is 0 Å². The highest BCUT2D eigenvalue weighted by atomic mass is 19.4. The van der Waals surface area contributed by atoms with Crippen LogP contribution < -0.4 is 9.47 Å². The number of hydrogen-bond acceptors (Lipinski definition) is 2. The summed E-state index contributed by atoms with van der Waals surface area (Å²) in [6.07, 6.45) is 2.89. The zero-order valence-corrected chi connectivity index (χ0v) is 20.0. The van der Waals surface area contributed by atoms with Gasteiger partial charge in [0.2, 0.25) is 0 Å². The van der Waals surface area contributed by atoms with Gasteiger partial charge in [-0.3, -0.25) is 0 Å². The second-order valence-electron chi connectivity index (χ2n) is 10.1. The Morgan fingerprint density at radius 1 is 0.657 bits per heavy atom. The Morgan fingerprint density at radius 3 is 1.63 bits per heavy atom. The lowest BCUT2D eigenvalue weighted by Crippen LogP contribution is -2.25. The van der Waals surface area contributed by atoms with E-state index in [-0.39, 0.29) is 11.3 Å². The summed E-state index contributed by atoms with van der Waals surface area (Å²) >= 11 is 0. The third-order valence-electron chi connectivity index (χ3n) is 7.93. The molecule has 0 unspecified atom stereocenters. The first-order valence-electron chi connectivity index (χ1n) is 12.7. The van der Waals surface area contributed by atoms with Crippen LogP contribution in [0, 0.1) is 17.8 Å². The Bertz CT molecular complexity index is 923. The van der Waals surface area contributed by atoms with Crippen molar-refractivity contribution in [2.45, 2.75) is 83.1 Å². The number of hydrogen-bond donors (Lipinski definition) is 0. The third-order valence-corrected chi connectivity index (χ3v) is 7.93. The summed E-state index contributed by atoms with van der Waals surface area (Å²) in [6.45, 7) is 2.29. The quantitative estimate of drug-likeness (QED) is 0.356. The van der Waals surface area contributed by atoms with E-state index in [9.17, 15) is 22.0 Å². The Balaban J connectivity index is 1.30. The highest BCUT2D eigenvalue weighted by molar-refractivity contribution is 5.33. The minimum atomic E-state index is -4.85. The largest absolute Gasteiger partial charge is 0.573 e. The summed E-state index contributed by atoms with van der Waals surface area (Å²) in [7, 11) is 0. The van der Waals surface area contributed by atoms with Crippen LogP contribution in [-0.4, -0.2) is 6.36 Å². The predicted molar refractivity (Wildman–Crippen MR) is 125 cm³/mol.